The van der Waals surface area contributed by atoms with Crippen LogP contribution in [0.15, 0.2) is 35.7 Å². The first kappa shape index (κ1) is 16.5. The summed E-state index contributed by atoms with van der Waals surface area (Å²) >= 11 is 1.62. The van der Waals surface area contributed by atoms with Gasteiger partial charge in [0.2, 0.25) is 11.8 Å². The zero-order valence-electron chi connectivity index (χ0n) is 13.7. The van der Waals surface area contributed by atoms with E-state index in [1.54, 1.807) is 30.4 Å². The molecule has 0 bridgehead atoms. The number of hydrogen-bond acceptors (Lipinski definition) is 4. The lowest BCUT2D eigenvalue weighted by Crippen LogP contribution is -2.31. The van der Waals surface area contributed by atoms with Crippen molar-refractivity contribution in [2.45, 2.75) is 13.0 Å². The second-order valence-electron chi connectivity index (χ2n) is 5.92. The molecular weight excluding hydrogens is 324 g/mol. The van der Waals surface area contributed by atoms with Gasteiger partial charge >= 0.3 is 0 Å². The van der Waals surface area contributed by atoms with E-state index in [-0.39, 0.29) is 17.7 Å². The van der Waals surface area contributed by atoms with E-state index in [1.165, 1.54) is 0 Å². The van der Waals surface area contributed by atoms with Crippen LogP contribution in [0.3, 0.4) is 0 Å². The number of rotatable bonds is 5. The lowest BCUT2D eigenvalue weighted by atomic mass is 10.1. The van der Waals surface area contributed by atoms with Crippen LogP contribution >= 0.6 is 11.3 Å². The summed E-state index contributed by atoms with van der Waals surface area (Å²) in [6.07, 6.45) is 0.309. The van der Waals surface area contributed by atoms with E-state index in [4.69, 9.17) is 4.74 Å². The summed E-state index contributed by atoms with van der Waals surface area (Å²) < 4.78 is 5.17. The second kappa shape index (κ2) is 7.05. The first-order valence-corrected chi connectivity index (χ1v) is 8.68. The lowest BCUT2D eigenvalue weighted by molar-refractivity contribution is -0.128. The molecule has 1 aromatic carbocycles. The fourth-order valence-corrected chi connectivity index (χ4v) is 3.60. The third-order valence-corrected chi connectivity index (χ3v) is 5.16. The largest absolute Gasteiger partial charge is 0.497 e. The van der Waals surface area contributed by atoms with Crippen LogP contribution in [-0.4, -0.2) is 37.4 Å². The molecule has 0 radical (unpaired) electrons. The molecule has 2 aromatic rings. The summed E-state index contributed by atoms with van der Waals surface area (Å²) in [5.41, 5.74) is 2.25. The van der Waals surface area contributed by atoms with Gasteiger partial charge in [0, 0.05) is 24.9 Å². The number of nitrogens with one attached hydrogen (secondary N) is 1. The van der Waals surface area contributed by atoms with Crippen molar-refractivity contribution in [3.05, 3.63) is 40.6 Å². The number of carbonyl (C=O) groups excluding carboxylic acids is 2. The fraction of sp³-hybridized carbons (Fsp3) is 0.333. The van der Waals surface area contributed by atoms with E-state index in [1.807, 2.05) is 24.3 Å². The Balaban J connectivity index is 1.58. The number of methoxy groups -OCH3 is 1. The van der Waals surface area contributed by atoms with Gasteiger partial charge in [-0.1, -0.05) is 12.1 Å². The van der Waals surface area contributed by atoms with Crippen LogP contribution in [0.1, 0.15) is 11.3 Å². The summed E-state index contributed by atoms with van der Waals surface area (Å²) in [5.74, 6) is 0.584. The number of amides is 2. The quantitative estimate of drug-likeness (QED) is 0.907. The molecule has 1 atom stereocenters. The van der Waals surface area contributed by atoms with Gasteiger partial charge in [0.15, 0.2) is 0 Å². The smallest absolute Gasteiger partial charge is 0.225 e. The minimum absolute atomic E-state index is 0.0352. The lowest BCUT2D eigenvalue weighted by Gasteiger charge is -2.10. The molecule has 1 saturated heterocycles. The third-order valence-electron chi connectivity index (χ3n) is 4.23. The van der Waals surface area contributed by atoms with Gasteiger partial charge in [-0.2, -0.15) is 0 Å². The van der Waals surface area contributed by atoms with Gasteiger partial charge in [0.25, 0.3) is 0 Å². The highest BCUT2D eigenvalue weighted by atomic mass is 32.1. The van der Waals surface area contributed by atoms with Crippen LogP contribution in [0, 0.1) is 5.92 Å². The summed E-state index contributed by atoms with van der Waals surface area (Å²) in [4.78, 5) is 26.4. The molecule has 0 saturated carbocycles. The predicted octanol–water partition coefficient (Wildman–Crippen LogP) is 2.52. The molecule has 1 aliphatic heterocycles. The molecule has 1 N–H and O–H groups in total. The Labute approximate surface area is 145 Å². The van der Waals surface area contributed by atoms with Gasteiger partial charge in [-0.05, 0) is 34.7 Å². The summed E-state index contributed by atoms with van der Waals surface area (Å²) in [6.45, 7) is 1.00. The Kier molecular flexibility index (Phi) is 4.85. The number of benzene rings is 1. The molecular formula is C18H20N2O3S. The summed E-state index contributed by atoms with van der Waals surface area (Å²) in [6, 6.07) is 9.98. The minimum atomic E-state index is -0.233. The van der Waals surface area contributed by atoms with Crippen molar-refractivity contribution < 1.29 is 14.3 Å². The van der Waals surface area contributed by atoms with Crippen LogP contribution in [0.2, 0.25) is 0 Å². The summed E-state index contributed by atoms with van der Waals surface area (Å²) in [7, 11) is 3.38. The average Bonchev–Trinajstić information content (AvgIpc) is 3.20. The van der Waals surface area contributed by atoms with Gasteiger partial charge < -0.3 is 15.0 Å². The maximum Gasteiger partial charge on any atom is 0.225 e. The molecule has 0 aliphatic carbocycles. The first-order chi connectivity index (χ1) is 11.6. The van der Waals surface area contributed by atoms with Gasteiger partial charge in [-0.25, -0.2) is 0 Å². The van der Waals surface area contributed by atoms with E-state index >= 15 is 0 Å². The predicted molar refractivity (Wildman–Crippen MR) is 93.9 cm³/mol. The minimum Gasteiger partial charge on any atom is -0.497 e. The molecule has 2 amide bonds. The molecule has 24 heavy (non-hydrogen) atoms. The SMILES string of the molecule is COc1ccc(-c2csc(CNC(=O)C3CC(=O)N(C)C3)c2)cc1. The van der Waals surface area contributed by atoms with E-state index in [0.29, 0.717) is 19.5 Å². The number of carbonyl (C=O) groups is 2. The van der Waals surface area contributed by atoms with Gasteiger partial charge in [0.05, 0.1) is 19.6 Å². The van der Waals surface area contributed by atoms with E-state index in [9.17, 15) is 9.59 Å². The number of likely N-dealkylation sites (tertiary alicyclic amines) is 1. The molecule has 1 aromatic heterocycles. The van der Waals surface area contributed by atoms with Crippen LogP contribution in [-0.2, 0) is 16.1 Å². The van der Waals surface area contributed by atoms with Crippen LogP contribution in [0.4, 0.5) is 0 Å². The Morgan fingerprint density at radius 2 is 2.08 bits per heavy atom. The van der Waals surface area contributed by atoms with E-state index < -0.39 is 0 Å². The average molecular weight is 344 g/mol. The Morgan fingerprint density at radius 1 is 1.33 bits per heavy atom. The maximum atomic E-state index is 12.2. The molecule has 0 spiro atoms. The highest BCUT2D eigenvalue weighted by Crippen LogP contribution is 2.27. The van der Waals surface area contributed by atoms with Crippen molar-refractivity contribution in [3.63, 3.8) is 0 Å². The summed E-state index contributed by atoms with van der Waals surface area (Å²) in [5, 5.41) is 5.02. The van der Waals surface area contributed by atoms with E-state index in [0.717, 1.165) is 21.8 Å². The highest BCUT2D eigenvalue weighted by Gasteiger charge is 2.31. The monoisotopic (exact) mass is 344 g/mol. The van der Waals surface area contributed by atoms with Gasteiger partial charge in [-0.3, -0.25) is 9.59 Å². The molecule has 3 rings (SSSR count). The Morgan fingerprint density at radius 3 is 2.71 bits per heavy atom. The Hall–Kier alpha value is -2.34. The fourth-order valence-electron chi connectivity index (χ4n) is 2.77. The van der Waals surface area contributed by atoms with Crippen LogP contribution in [0.25, 0.3) is 11.1 Å². The van der Waals surface area contributed by atoms with Crippen molar-refractivity contribution >= 4 is 23.2 Å². The topological polar surface area (TPSA) is 58.6 Å². The van der Waals surface area contributed by atoms with Gasteiger partial charge in [0.1, 0.15) is 5.75 Å². The van der Waals surface area contributed by atoms with Crippen LogP contribution < -0.4 is 10.1 Å². The van der Waals surface area contributed by atoms with Crippen molar-refractivity contribution in [2.24, 2.45) is 5.92 Å². The molecule has 5 nitrogen and oxygen atoms in total. The van der Waals surface area contributed by atoms with Crippen LogP contribution in [0.5, 0.6) is 5.75 Å². The molecule has 126 valence electrons. The normalized spacial score (nSPS) is 17.2. The number of ether oxygens (including phenoxy) is 1. The van der Waals surface area contributed by atoms with Crippen molar-refractivity contribution in [1.29, 1.82) is 0 Å². The number of hydrogen-bond donors (Lipinski definition) is 1. The zero-order chi connectivity index (χ0) is 17.1. The molecule has 1 unspecified atom stereocenters. The zero-order valence-corrected chi connectivity index (χ0v) is 14.6. The Bertz CT molecular complexity index is 739. The standard InChI is InChI=1S/C18H20N2O3S/c1-20-10-13(8-17(20)21)18(22)19-9-16-7-14(11-24-16)12-3-5-15(23-2)6-4-12/h3-7,11,13H,8-10H2,1-2H3,(H,19,22). The molecule has 2 heterocycles. The van der Waals surface area contributed by atoms with E-state index in [2.05, 4.69) is 16.8 Å². The number of thiophene rings is 1. The first-order valence-electron chi connectivity index (χ1n) is 7.80. The highest BCUT2D eigenvalue weighted by molar-refractivity contribution is 7.10. The van der Waals surface area contributed by atoms with Crippen molar-refractivity contribution in [2.75, 3.05) is 20.7 Å². The second-order valence-corrected chi connectivity index (χ2v) is 6.92. The maximum absolute atomic E-state index is 12.2. The molecule has 1 aliphatic rings. The van der Waals surface area contributed by atoms with Gasteiger partial charge in [-0.15, -0.1) is 11.3 Å². The molecule has 1 fully saturated rings. The van der Waals surface area contributed by atoms with Crippen molar-refractivity contribution in [3.8, 4) is 16.9 Å². The third kappa shape index (κ3) is 3.59. The number of nitrogens with zero attached hydrogens (tertiary/aromatic N) is 1. The molecule has 6 heteroatoms. The van der Waals surface area contributed by atoms with Crippen molar-refractivity contribution in [1.82, 2.24) is 10.2 Å².